The van der Waals surface area contributed by atoms with E-state index in [9.17, 15) is 0 Å². The normalized spacial score (nSPS) is 26.6. The van der Waals surface area contributed by atoms with Crippen molar-refractivity contribution in [1.29, 1.82) is 0 Å². The van der Waals surface area contributed by atoms with Crippen LogP contribution >= 0.6 is 15.9 Å². The van der Waals surface area contributed by atoms with Gasteiger partial charge in [-0.2, -0.15) is 0 Å². The summed E-state index contributed by atoms with van der Waals surface area (Å²) in [6, 6.07) is 10.4. The van der Waals surface area contributed by atoms with Crippen LogP contribution in [0.1, 0.15) is 39.3 Å². The van der Waals surface area contributed by atoms with Crippen molar-refractivity contribution in [1.82, 2.24) is 10.2 Å². The lowest BCUT2D eigenvalue weighted by molar-refractivity contribution is 0.0852. The monoisotopic (exact) mass is 324 g/mol. The van der Waals surface area contributed by atoms with Gasteiger partial charge in [0.05, 0.1) is 0 Å². The molecule has 0 spiro atoms. The highest BCUT2D eigenvalue weighted by atomic mass is 79.9. The first-order valence-electron chi connectivity index (χ1n) is 7.23. The molecule has 3 heteroatoms. The third-order valence-corrected chi connectivity index (χ3v) is 4.83. The number of hydrogen-bond acceptors (Lipinski definition) is 2. The van der Waals surface area contributed by atoms with E-state index in [0.29, 0.717) is 24.0 Å². The molecule has 19 heavy (non-hydrogen) atoms. The Kier molecular flexibility index (Phi) is 5.04. The first kappa shape index (κ1) is 15.0. The SMILES string of the molecule is CC(C)C1CN(C(C)c2ccc(Br)cc2)C(C)CN1. The molecule has 1 N–H and O–H groups in total. The van der Waals surface area contributed by atoms with Gasteiger partial charge >= 0.3 is 0 Å². The largest absolute Gasteiger partial charge is 0.311 e. The van der Waals surface area contributed by atoms with Crippen LogP contribution in [0.4, 0.5) is 0 Å². The average molecular weight is 325 g/mol. The Balaban J connectivity index is 2.11. The smallest absolute Gasteiger partial charge is 0.0323 e. The molecule has 3 unspecified atom stereocenters. The molecule has 1 aromatic rings. The van der Waals surface area contributed by atoms with Gasteiger partial charge in [-0.3, -0.25) is 4.90 Å². The molecule has 1 aliphatic heterocycles. The van der Waals surface area contributed by atoms with Crippen molar-refractivity contribution >= 4 is 15.9 Å². The molecule has 0 radical (unpaired) electrons. The summed E-state index contributed by atoms with van der Waals surface area (Å²) in [6.07, 6.45) is 0. The highest BCUT2D eigenvalue weighted by Gasteiger charge is 2.30. The first-order valence-corrected chi connectivity index (χ1v) is 8.03. The van der Waals surface area contributed by atoms with Gasteiger partial charge in [0.2, 0.25) is 0 Å². The van der Waals surface area contributed by atoms with E-state index >= 15 is 0 Å². The van der Waals surface area contributed by atoms with Crippen LogP contribution in [0.25, 0.3) is 0 Å². The van der Waals surface area contributed by atoms with E-state index in [0.717, 1.165) is 17.6 Å². The molecule has 1 fully saturated rings. The van der Waals surface area contributed by atoms with Gasteiger partial charge < -0.3 is 5.32 Å². The molecule has 0 amide bonds. The van der Waals surface area contributed by atoms with Crippen molar-refractivity contribution < 1.29 is 0 Å². The van der Waals surface area contributed by atoms with Gasteiger partial charge in [-0.15, -0.1) is 0 Å². The minimum Gasteiger partial charge on any atom is -0.311 e. The number of nitrogens with one attached hydrogen (secondary N) is 1. The van der Waals surface area contributed by atoms with Crippen LogP contribution in [0.15, 0.2) is 28.7 Å². The maximum atomic E-state index is 3.66. The second-order valence-corrected chi connectivity index (χ2v) is 6.95. The van der Waals surface area contributed by atoms with Crippen molar-refractivity contribution in [3.63, 3.8) is 0 Å². The molecule has 0 bridgehead atoms. The molecule has 0 saturated carbocycles. The molecule has 0 aromatic heterocycles. The summed E-state index contributed by atoms with van der Waals surface area (Å²) in [5.74, 6) is 0.687. The van der Waals surface area contributed by atoms with Crippen LogP contribution in [0, 0.1) is 5.92 Å². The van der Waals surface area contributed by atoms with Crippen LogP contribution in [-0.2, 0) is 0 Å². The minimum atomic E-state index is 0.478. The maximum Gasteiger partial charge on any atom is 0.0323 e. The third kappa shape index (κ3) is 3.59. The van der Waals surface area contributed by atoms with Crippen LogP contribution in [-0.4, -0.2) is 30.1 Å². The van der Waals surface area contributed by atoms with Gasteiger partial charge in [-0.05, 0) is 37.5 Å². The average Bonchev–Trinajstić information content (AvgIpc) is 2.39. The first-order chi connectivity index (χ1) is 8.99. The molecule has 3 atom stereocenters. The maximum absolute atomic E-state index is 3.66. The number of benzene rings is 1. The summed E-state index contributed by atoms with van der Waals surface area (Å²) >= 11 is 3.51. The van der Waals surface area contributed by atoms with Gasteiger partial charge in [-0.25, -0.2) is 0 Å². The number of piperazine rings is 1. The van der Waals surface area contributed by atoms with Gasteiger partial charge in [0.15, 0.2) is 0 Å². The van der Waals surface area contributed by atoms with Crippen molar-refractivity contribution in [3.8, 4) is 0 Å². The van der Waals surface area contributed by atoms with Crippen LogP contribution < -0.4 is 5.32 Å². The number of halogens is 1. The lowest BCUT2D eigenvalue weighted by atomic mass is 9.96. The number of rotatable bonds is 3. The summed E-state index contributed by atoms with van der Waals surface area (Å²) in [5.41, 5.74) is 1.40. The van der Waals surface area contributed by atoms with Crippen LogP contribution in [0.5, 0.6) is 0 Å². The van der Waals surface area contributed by atoms with Crippen molar-refractivity contribution in [2.45, 2.75) is 45.8 Å². The lowest BCUT2D eigenvalue weighted by Gasteiger charge is -2.43. The molecule has 0 aliphatic carbocycles. The van der Waals surface area contributed by atoms with Gasteiger partial charge in [0, 0.05) is 35.7 Å². The molecular formula is C16H25BrN2. The zero-order valence-corrected chi connectivity index (χ0v) is 13.9. The summed E-state index contributed by atoms with van der Waals surface area (Å²) < 4.78 is 1.15. The molecule has 2 rings (SSSR count). The quantitative estimate of drug-likeness (QED) is 0.909. The van der Waals surface area contributed by atoms with Crippen molar-refractivity contribution in [2.75, 3.05) is 13.1 Å². The fourth-order valence-corrected chi connectivity index (χ4v) is 3.09. The predicted octanol–water partition coefficient (Wildman–Crippen LogP) is 3.83. The predicted molar refractivity (Wildman–Crippen MR) is 85.4 cm³/mol. The molecule has 2 nitrogen and oxygen atoms in total. The molecular weight excluding hydrogens is 300 g/mol. The van der Waals surface area contributed by atoms with E-state index in [1.807, 2.05) is 0 Å². The Morgan fingerprint density at radius 1 is 1.21 bits per heavy atom. The van der Waals surface area contributed by atoms with Gasteiger partial charge in [0.25, 0.3) is 0 Å². The van der Waals surface area contributed by atoms with E-state index in [1.54, 1.807) is 0 Å². The highest BCUT2D eigenvalue weighted by Crippen LogP contribution is 2.26. The fraction of sp³-hybridized carbons (Fsp3) is 0.625. The number of nitrogens with zero attached hydrogens (tertiary/aromatic N) is 1. The molecule has 1 heterocycles. The fourth-order valence-electron chi connectivity index (χ4n) is 2.83. The van der Waals surface area contributed by atoms with Crippen LogP contribution in [0.2, 0.25) is 0 Å². The Bertz CT molecular complexity index is 402. The molecule has 106 valence electrons. The van der Waals surface area contributed by atoms with E-state index in [2.05, 4.69) is 78.1 Å². The summed E-state index contributed by atoms with van der Waals surface area (Å²) in [6.45, 7) is 11.5. The zero-order chi connectivity index (χ0) is 14.0. The Morgan fingerprint density at radius 3 is 2.42 bits per heavy atom. The Hall–Kier alpha value is -0.380. The standard InChI is InChI=1S/C16H25BrN2/c1-11(2)16-10-19(12(3)9-18-16)13(4)14-5-7-15(17)8-6-14/h5-8,11-13,16,18H,9-10H2,1-4H3. The minimum absolute atomic E-state index is 0.478. The second-order valence-electron chi connectivity index (χ2n) is 6.03. The molecule has 1 saturated heterocycles. The van der Waals surface area contributed by atoms with Gasteiger partial charge in [-0.1, -0.05) is 41.9 Å². The number of hydrogen-bond donors (Lipinski definition) is 1. The Morgan fingerprint density at radius 2 is 1.84 bits per heavy atom. The lowest BCUT2D eigenvalue weighted by Crippen LogP contribution is -2.57. The molecule has 1 aliphatic rings. The van der Waals surface area contributed by atoms with E-state index in [-0.39, 0.29) is 0 Å². The van der Waals surface area contributed by atoms with E-state index in [1.165, 1.54) is 5.56 Å². The van der Waals surface area contributed by atoms with Gasteiger partial charge in [0.1, 0.15) is 0 Å². The van der Waals surface area contributed by atoms with E-state index in [4.69, 9.17) is 0 Å². The summed E-state index contributed by atoms with van der Waals surface area (Å²) in [7, 11) is 0. The molecule has 1 aromatic carbocycles. The third-order valence-electron chi connectivity index (χ3n) is 4.30. The Labute approximate surface area is 125 Å². The topological polar surface area (TPSA) is 15.3 Å². The summed E-state index contributed by atoms with van der Waals surface area (Å²) in [5, 5.41) is 3.66. The van der Waals surface area contributed by atoms with Crippen LogP contribution in [0.3, 0.4) is 0 Å². The second kappa shape index (κ2) is 6.38. The van der Waals surface area contributed by atoms with E-state index < -0.39 is 0 Å². The van der Waals surface area contributed by atoms with Crippen molar-refractivity contribution in [2.24, 2.45) is 5.92 Å². The zero-order valence-electron chi connectivity index (χ0n) is 12.4. The highest BCUT2D eigenvalue weighted by molar-refractivity contribution is 9.10. The summed E-state index contributed by atoms with van der Waals surface area (Å²) in [4.78, 5) is 2.63. The van der Waals surface area contributed by atoms with Crippen molar-refractivity contribution in [3.05, 3.63) is 34.3 Å².